The van der Waals surface area contributed by atoms with E-state index in [1.165, 1.54) is 154 Å². The van der Waals surface area contributed by atoms with Gasteiger partial charge in [-0.15, -0.1) is 0 Å². The number of carbonyl (C=O) groups excluding carboxylic acids is 1. The maximum Gasteiger partial charge on any atom is 0.338 e. The number of ether oxygens (including phenoxy) is 1. The van der Waals surface area contributed by atoms with Gasteiger partial charge in [-0.25, -0.2) is 4.79 Å². The fourth-order valence-electron chi connectivity index (χ4n) is 6.03. The minimum absolute atomic E-state index is 0.350. The smallest absolute Gasteiger partial charge is 0.338 e. The first kappa shape index (κ1) is 40.4. The molecule has 0 aromatic heterocycles. The zero-order valence-electron chi connectivity index (χ0n) is 28.6. The molecule has 0 aliphatic rings. The van der Waals surface area contributed by atoms with Crippen LogP contribution < -0.4 is 0 Å². The lowest BCUT2D eigenvalue weighted by Gasteiger charge is -2.26. The molecule has 0 aliphatic carbocycles. The molecular weight excluding hydrogens is 504 g/mol. The average molecular weight is 581 g/mol. The maximum atomic E-state index is 13.0. The molecule has 0 aromatic rings. The van der Waals surface area contributed by atoms with E-state index >= 15 is 0 Å². The van der Waals surface area contributed by atoms with E-state index in [0.717, 1.165) is 38.5 Å². The van der Waals surface area contributed by atoms with Gasteiger partial charge in [-0.3, -0.25) is 0 Å². The van der Waals surface area contributed by atoms with E-state index in [2.05, 4.69) is 20.8 Å². The monoisotopic (exact) mass is 581 g/mol. The first-order chi connectivity index (χ1) is 20.1. The molecule has 0 radical (unpaired) electrons. The highest BCUT2D eigenvalue weighted by molar-refractivity contribution is 5.79. The van der Waals surface area contributed by atoms with E-state index in [1.807, 2.05) is 0 Å². The lowest BCUT2D eigenvalue weighted by Crippen LogP contribution is -2.40. The Bertz CT molecular complexity index is 520. The molecule has 0 spiro atoms. The third kappa shape index (κ3) is 28.0. The van der Waals surface area contributed by atoms with Crippen LogP contribution in [0.2, 0.25) is 0 Å². The van der Waals surface area contributed by atoms with Crippen LogP contribution in [-0.4, -0.2) is 23.3 Å². The third-order valence-electron chi connectivity index (χ3n) is 9.00. The van der Waals surface area contributed by atoms with Crippen molar-refractivity contribution in [2.45, 2.75) is 232 Å². The predicted molar refractivity (Wildman–Crippen MR) is 181 cm³/mol. The van der Waals surface area contributed by atoms with E-state index in [4.69, 9.17) is 4.74 Å². The molecule has 0 saturated heterocycles. The van der Waals surface area contributed by atoms with Crippen LogP contribution in [0.1, 0.15) is 226 Å². The van der Waals surface area contributed by atoms with Crippen LogP contribution >= 0.6 is 0 Å². The van der Waals surface area contributed by atoms with Gasteiger partial charge in [-0.1, -0.05) is 194 Å². The van der Waals surface area contributed by atoms with Crippen molar-refractivity contribution in [2.75, 3.05) is 6.61 Å². The number of unbranched alkanes of at least 4 members (excludes halogenated alkanes) is 27. The summed E-state index contributed by atoms with van der Waals surface area (Å²) in [6.07, 6.45) is 39.3. The van der Waals surface area contributed by atoms with Gasteiger partial charge in [0.05, 0.1) is 6.61 Å². The van der Waals surface area contributed by atoms with Crippen LogP contribution in [0.4, 0.5) is 0 Å². The van der Waals surface area contributed by atoms with Crippen molar-refractivity contribution in [3.8, 4) is 0 Å². The van der Waals surface area contributed by atoms with Gasteiger partial charge in [0.2, 0.25) is 0 Å². The van der Waals surface area contributed by atoms with E-state index in [-0.39, 0.29) is 5.97 Å². The van der Waals surface area contributed by atoms with Crippen molar-refractivity contribution in [2.24, 2.45) is 0 Å². The fraction of sp³-hybridized carbons (Fsp3) is 0.974. The van der Waals surface area contributed by atoms with Gasteiger partial charge in [0.15, 0.2) is 5.60 Å². The van der Waals surface area contributed by atoms with Gasteiger partial charge < -0.3 is 9.84 Å². The number of esters is 1. The largest absolute Gasteiger partial charge is 0.464 e. The Morgan fingerprint density at radius 3 is 0.951 bits per heavy atom. The summed E-state index contributed by atoms with van der Waals surface area (Å²) in [6, 6.07) is 0. The first-order valence-corrected chi connectivity index (χ1v) is 19.0. The predicted octanol–water partition coefficient (Wildman–Crippen LogP) is 12.8. The highest BCUT2D eigenvalue weighted by Gasteiger charge is 2.36. The minimum Gasteiger partial charge on any atom is -0.464 e. The van der Waals surface area contributed by atoms with Crippen molar-refractivity contribution in [3.05, 3.63) is 0 Å². The number of aliphatic hydroxyl groups is 1. The van der Waals surface area contributed by atoms with Gasteiger partial charge in [0.1, 0.15) is 0 Å². The lowest BCUT2D eigenvalue weighted by atomic mass is 9.89. The molecule has 0 heterocycles. The second-order valence-electron chi connectivity index (χ2n) is 13.2. The summed E-state index contributed by atoms with van der Waals surface area (Å²) in [5.74, 6) is -0.350. The lowest BCUT2D eigenvalue weighted by molar-refractivity contribution is -0.167. The van der Waals surface area contributed by atoms with Gasteiger partial charge in [-0.05, 0) is 32.1 Å². The summed E-state index contributed by atoms with van der Waals surface area (Å²) < 4.78 is 5.66. The topological polar surface area (TPSA) is 46.5 Å². The van der Waals surface area contributed by atoms with E-state index in [9.17, 15) is 9.90 Å². The highest BCUT2D eigenvalue weighted by Crippen LogP contribution is 2.26. The zero-order valence-corrected chi connectivity index (χ0v) is 28.6. The Morgan fingerprint density at radius 2 is 0.659 bits per heavy atom. The summed E-state index contributed by atoms with van der Waals surface area (Å²) >= 11 is 0. The second-order valence-corrected chi connectivity index (χ2v) is 13.2. The molecule has 3 heteroatoms. The Morgan fingerprint density at radius 1 is 0.415 bits per heavy atom. The Kier molecular flexibility index (Phi) is 31.9. The minimum atomic E-state index is -1.28. The molecule has 0 aromatic carbocycles. The molecule has 1 N–H and O–H groups in total. The molecule has 0 bridgehead atoms. The second kappa shape index (κ2) is 32.3. The quantitative estimate of drug-likeness (QED) is 0.0608. The molecular formula is C38H76O3. The van der Waals surface area contributed by atoms with E-state index < -0.39 is 5.60 Å². The summed E-state index contributed by atoms with van der Waals surface area (Å²) in [5, 5.41) is 11.4. The molecule has 1 unspecified atom stereocenters. The van der Waals surface area contributed by atoms with Crippen LogP contribution in [0, 0.1) is 0 Å². The SMILES string of the molecule is CCCCCCCCCCCCCCCCC(O)(CCCCCCCC)C(=O)OCCCCCCCCCCCC. The van der Waals surface area contributed by atoms with Crippen molar-refractivity contribution in [3.63, 3.8) is 0 Å². The van der Waals surface area contributed by atoms with Crippen molar-refractivity contribution >= 4 is 5.97 Å². The standard InChI is InChI=1S/C38H76O3/c1-4-7-10-13-16-18-20-21-22-23-24-26-29-32-35-38(40,34-31-28-15-12-9-6-3)37(39)41-36-33-30-27-25-19-17-14-11-8-5-2/h40H,4-36H2,1-3H3. The molecule has 3 nitrogen and oxygen atoms in total. The molecule has 0 fully saturated rings. The molecule has 0 aliphatic heterocycles. The average Bonchev–Trinajstić information content (AvgIpc) is 2.97. The van der Waals surface area contributed by atoms with Gasteiger partial charge in [-0.2, -0.15) is 0 Å². The summed E-state index contributed by atoms with van der Waals surface area (Å²) in [5.41, 5.74) is -1.28. The summed E-state index contributed by atoms with van der Waals surface area (Å²) in [4.78, 5) is 13.0. The first-order valence-electron chi connectivity index (χ1n) is 19.0. The van der Waals surface area contributed by atoms with Crippen molar-refractivity contribution < 1.29 is 14.6 Å². The van der Waals surface area contributed by atoms with Gasteiger partial charge >= 0.3 is 5.97 Å². The van der Waals surface area contributed by atoms with Crippen LogP contribution in [0.25, 0.3) is 0 Å². The summed E-state index contributed by atoms with van der Waals surface area (Å²) in [6.45, 7) is 7.25. The van der Waals surface area contributed by atoms with Crippen molar-refractivity contribution in [1.29, 1.82) is 0 Å². The molecule has 0 saturated carbocycles. The molecule has 1 atom stereocenters. The number of carbonyl (C=O) groups is 1. The fourth-order valence-corrected chi connectivity index (χ4v) is 6.03. The Labute approximate surface area is 258 Å². The molecule has 0 amide bonds. The van der Waals surface area contributed by atoms with Crippen LogP contribution in [-0.2, 0) is 9.53 Å². The Hall–Kier alpha value is -0.570. The normalized spacial score (nSPS) is 13.0. The van der Waals surface area contributed by atoms with Crippen LogP contribution in [0.3, 0.4) is 0 Å². The molecule has 41 heavy (non-hydrogen) atoms. The zero-order chi connectivity index (χ0) is 30.1. The number of hydrogen-bond acceptors (Lipinski definition) is 3. The molecule has 246 valence electrons. The van der Waals surface area contributed by atoms with Gasteiger partial charge in [0.25, 0.3) is 0 Å². The van der Waals surface area contributed by atoms with Crippen LogP contribution in [0.5, 0.6) is 0 Å². The molecule has 0 rings (SSSR count). The Balaban J connectivity index is 4.09. The third-order valence-corrected chi connectivity index (χ3v) is 9.00. The van der Waals surface area contributed by atoms with Crippen molar-refractivity contribution in [1.82, 2.24) is 0 Å². The van der Waals surface area contributed by atoms with E-state index in [1.54, 1.807) is 0 Å². The van der Waals surface area contributed by atoms with Gasteiger partial charge in [0, 0.05) is 0 Å². The maximum absolute atomic E-state index is 13.0. The summed E-state index contributed by atoms with van der Waals surface area (Å²) in [7, 11) is 0. The van der Waals surface area contributed by atoms with E-state index in [0.29, 0.717) is 19.4 Å². The number of hydrogen-bond donors (Lipinski definition) is 1. The highest BCUT2D eigenvalue weighted by atomic mass is 16.5. The number of rotatable bonds is 34. The van der Waals surface area contributed by atoms with Crippen LogP contribution in [0.15, 0.2) is 0 Å².